The van der Waals surface area contributed by atoms with Crippen LogP contribution in [0.4, 0.5) is 11.4 Å². The van der Waals surface area contributed by atoms with Crippen molar-refractivity contribution >= 4 is 22.3 Å². The molecule has 0 unspecified atom stereocenters. The highest BCUT2D eigenvalue weighted by Gasteiger charge is 2.11. The van der Waals surface area contributed by atoms with Crippen molar-refractivity contribution < 1.29 is 0 Å². The average Bonchev–Trinajstić information content (AvgIpc) is 2.82. The van der Waals surface area contributed by atoms with E-state index in [-0.39, 0.29) is 0 Å². The van der Waals surface area contributed by atoms with Crippen LogP contribution in [0.15, 0.2) is 42.6 Å². The predicted molar refractivity (Wildman–Crippen MR) is 71.9 cm³/mol. The largest absolute Gasteiger partial charge is 0.399 e. The van der Waals surface area contributed by atoms with Crippen LogP contribution in [0.5, 0.6) is 0 Å². The molecule has 2 aromatic rings. The van der Waals surface area contributed by atoms with Gasteiger partial charge in [-0.1, -0.05) is 12.2 Å². The summed E-state index contributed by atoms with van der Waals surface area (Å²) < 4.78 is 0. The molecule has 0 saturated heterocycles. The highest BCUT2D eigenvalue weighted by molar-refractivity contribution is 5.92. The summed E-state index contributed by atoms with van der Waals surface area (Å²) in [7, 11) is 0. The van der Waals surface area contributed by atoms with Crippen LogP contribution >= 0.6 is 0 Å². The normalized spacial score (nSPS) is 15.5. The molecule has 0 fully saturated rings. The third-order valence-electron chi connectivity index (χ3n) is 3.13. The van der Waals surface area contributed by atoms with Gasteiger partial charge in [0.25, 0.3) is 0 Å². The number of nitrogen functional groups attached to an aromatic ring is 1. The van der Waals surface area contributed by atoms with Gasteiger partial charge in [-0.2, -0.15) is 0 Å². The van der Waals surface area contributed by atoms with Crippen LogP contribution in [0.1, 0.15) is 12.8 Å². The maximum absolute atomic E-state index is 5.77. The summed E-state index contributed by atoms with van der Waals surface area (Å²) in [6.45, 7) is 0. The number of hydrogen-bond donors (Lipinski definition) is 2. The van der Waals surface area contributed by atoms with E-state index in [2.05, 4.69) is 22.5 Å². The summed E-state index contributed by atoms with van der Waals surface area (Å²) in [5.74, 6) is 0. The van der Waals surface area contributed by atoms with E-state index in [9.17, 15) is 0 Å². The first-order valence-electron chi connectivity index (χ1n) is 5.89. The van der Waals surface area contributed by atoms with Crippen LogP contribution in [0.2, 0.25) is 0 Å². The zero-order valence-corrected chi connectivity index (χ0v) is 9.56. The van der Waals surface area contributed by atoms with Crippen molar-refractivity contribution in [1.29, 1.82) is 0 Å². The van der Waals surface area contributed by atoms with Crippen molar-refractivity contribution in [1.82, 2.24) is 4.98 Å². The maximum atomic E-state index is 5.77. The summed E-state index contributed by atoms with van der Waals surface area (Å²) in [5.41, 5.74) is 8.61. The Labute approximate surface area is 100 Å². The Kier molecular flexibility index (Phi) is 2.44. The van der Waals surface area contributed by atoms with Gasteiger partial charge in [-0.15, -0.1) is 0 Å². The molecule has 0 saturated carbocycles. The Balaban J connectivity index is 1.98. The van der Waals surface area contributed by atoms with Gasteiger partial charge in [0.2, 0.25) is 0 Å². The first-order valence-corrected chi connectivity index (χ1v) is 5.89. The van der Waals surface area contributed by atoms with Gasteiger partial charge in [-0.25, -0.2) is 0 Å². The lowest BCUT2D eigenvalue weighted by molar-refractivity contribution is 0.788. The molecule has 17 heavy (non-hydrogen) atoms. The van der Waals surface area contributed by atoms with E-state index in [0.717, 1.165) is 35.1 Å². The molecule has 0 atom stereocenters. The molecule has 1 aromatic heterocycles. The molecular weight excluding hydrogens is 210 g/mol. The third-order valence-corrected chi connectivity index (χ3v) is 3.13. The van der Waals surface area contributed by atoms with Crippen LogP contribution in [-0.4, -0.2) is 11.0 Å². The summed E-state index contributed by atoms with van der Waals surface area (Å²) in [4.78, 5) is 4.34. The molecule has 0 amide bonds. The van der Waals surface area contributed by atoms with Crippen molar-refractivity contribution in [3.05, 3.63) is 42.6 Å². The molecular formula is C14H15N3. The number of hydrogen-bond acceptors (Lipinski definition) is 3. The van der Waals surface area contributed by atoms with E-state index in [1.165, 1.54) is 0 Å². The number of anilines is 2. The molecule has 0 spiro atoms. The van der Waals surface area contributed by atoms with Crippen molar-refractivity contribution in [2.24, 2.45) is 0 Å². The molecule has 3 rings (SSSR count). The monoisotopic (exact) mass is 225 g/mol. The van der Waals surface area contributed by atoms with E-state index in [1.54, 1.807) is 0 Å². The minimum atomic E-state index is 0.512. The van der Waals surface area contributed by atoms with Gasteiger partial charge in [-0.3, -0.25) is 4.98 Å². The van der Waals surface area contributed by atoms with Crippen molar-refractivity contribution in [3.8, 4) is 0 Å². The number of benzene rings is 1. The highest BCUT2D eigenvalue weighted by Crippen LogP contribution is 2.25. The van der Waals surface area contributed by atoms with Crippen molar-refractivity contribution in [2.45, 2.75) is 18.9 Å². The number of nitrogens with zero attached hydrogens (tertiary/aromatic N) is 1. The van der Waals surface area contributed by atoms with Crippen LogP contribution in [0.3, 0.4) is 0 Å². The van der Waals surface area contributed by atoms with Crippen LogP contribution in [0.25, 0.3) is 10.9 Å². The zero-order valence-electron chi connectivity index (χ0n) is 9.56. The molecule has 3 nitrogen and oxygen atoms in total. The molecule has 1 aliphatic carbocycles. The third kappa shape index (κ3) is 1.96. The van der Waals surface area contributed by atoms with Gasteiger partial charge < -0.3 is 11.1 Å². The van der Waals surface area contributed by atoms with Gasteiger partial charge >= 0.3 is 0 Å². The van der Waals surface area contributed by atoms with E-state index in [4.69, 9.17) is 5.73 Å². The number of nitrogens with one attached hydrogen (secondary N) is 1. The Bertz CT molecular complexity index is 567. The lowest BCUT2D eigenvalue weighted by atomic mass is 10.1. The van der Waals surface area contributed by atoms with Gasteiger partial charge in [0.05, 0.1) is 5.52 Å². The smallest absolute Gasteiger partial charge is 0.0743 e. The first-order chi connectivity index (χ1) is 8.33. The number of pyridine rings is 1. The van der Waals surface area contributed by atoms with Gasteiger partial charge in [-0.05, 0) is 37.1 Å². The molecule has 3 N–H and O–H groups in total. The van der Waals surface area contributed by atoms with Gasteiger partial charge in [0.1, 0.15) is 0 Å². The minimum Gasteiger partial charge on any atom is -0.399 e. The average molecular weight is 225 g/mol. The van der Waals surface area contributed by atoms with Gasteiger partial charge in [0, 0.05) is 29.0 Å². The zero-order chi connectivity index (χ0) is 11.7. The molecule has 0 bridgehead atoms. The topological polar surface area (TPSA) is 50.9 Å². The predicted octanol–water partition coefficient (Wildman–Crippen LogP) is 2.95. The Morgan fingerprint density at radius 3 is 2.82 bits per heavy atom. The molecule has 1 aliphatic rings. The van der Waals surface area contributed by atoms with Crippen molar-refractivity contribution in [3.63, 3.8) is 0 Å². The van der Waals surface area contributed by atoms with Crippen molar-refractivity contribution in [2.75, 3.05) is 11.1 Å². The molecule has 0 radical (unpaired) electrons. The molecule has 1 heterocycles. The van der Waals surface area contributed by atoms with E-state index in [0.29, 0.717) is 6.04 Å². The van der Waals surface area contributed by atoms with E-state index < -0.39 is 0 Å². The second-order valence-corrected chi connectivity index (χ2v) is 4.42. The van der Waals surface area contributed by atoms with E-state index in [1.807, 2.05) is 30.5 Å². The number of rotatable bonds is 2. The lowest BCUT2D eigenvalue weighted by Crippen LogP contribution is -2.15. The minimum absolute atomic E-state index is 0.512. The quantitative estimate of drug-likeness (QED) is 0.610. The Morgan fingerprint density at radius 2 is 2.00 bits per heavy atom. The molecule has 0 aliphatic heterocycles. The first kappa shape index (κ1) is 10.1. The summed E-state index contributed by atoms with van der Waals surface area (Å²) in [6, 6.07) is 8.40. The molecule has 86 valence electrons. The fourth-order valence-electron chi connectivity index (χ4n) is 2.25. The number of aromatic nitrogens is 1. The Hall–Kier alpha value is -2.03. The fraction of sp³-hybridized carbons (Fsp3) is 0.214. The maximum Gasteiger partial charge on any atom is 0.0743 e. The molecule has 1 aromatic carbocycles. The Morgan fingerprint density at radius 1 is 1.18 bits per heavy atom. The SMILES string of the molecule is Nc1ccc2c(NC3CC=CC3)ccnc2c1. The highest BCUT2D eigenvalue weighted by atomic mass is 14.9. The summed E-state index contributed by atoms with van der Waals surface area (Å²) in [5, 5.41) is 4.69. The summed E-state index contributed by atoms with van der Waals surface area (Å²) in [6.07, 6.45) is 8.46. The van der Waals surface area contributed by atoms with Crippen LogP contribution < -0.4 is 11.1 Å². The van der Waals surface area contributed by atoms with Gasteiger partial charge in [0.15, 0.2) is 0 Å². The lowest BCUT2D eigenvalue weighted by Gasteiger charge is -2.15. The second-order valence-electron chi connectivity index (χ2n) is 4.42. The van der Waals surface area contributed by atoms with E-state index >= 15 is 0 Å². The summed E-state index contributed by atoms with van der Waals surface area (Å²) >= 11 is 0. The number of nitrogens with two attached hydrogens (primary N) is 1. The standard InChI is InChI=1S/C14H15N3/c15-10-5-6-12-13(7-8-16-14(12)9-10)17-11-3-1-2-4-11/h1-2,5-9,11H,3-4,15H2,(H,16,17). The van der Waals surface area contributed by atoms with Crippen LogP contribution in [-0.2, 0) is 0 Å². The second kappa shape index (κ2) is 4.09. The fourth-order valence-corrected chi connectivity index (χ4v) is 2.25. The molecule has 3 heteroatoms. The number of fused-ring (bicyclic) bond motifs is 1. The van der Waals surface area contributed by atoms with Crippen LogP contribution in [0, 0.1) is 0 Å².